The van der Waals surface area contributed by atoms with Gasteiger partial charge in [0, 0.05) is 32.9 Å². The van der Waals surface area contributed by atoms with Crippen LogP contribution in [0.2, 0.25) is 0 Å². The summed E-state index contributed by atoms with van der Waals surface area (Å²) >= 11 is 0. The lowest BCUT2D eigenvalue weighted by Gasteiger charge is -2.25. The number of nitrogens with zero attached hydrogens (tertiary/aromatic N) is 2. The average Bonchev–Trinajstić information content (AvgIpc) is 2.34. The summed E-state index contributed by atoms with van der Waals surface area (Å²) in [5.74, 6) is 0. The molecule has 16 heavy (non-hydrogen) atoms. The van der Waals surface area contributed by atoms with Crippen molar-refractivity contribution in [3.05, 3.63) is 24.0 Å². The number of hydrogen-bond acceptors (Lipinski definition) is 5. The first-order valence-corrected chi connectivity index (χ1v) is 5.31. The lowest BCUT2D eigenvalue weighted by atomic mass is 10.2. The van der Waals surface area contributed by atoms with Crippen LogP contribution in [0, 0.1) is 0 Å². The van der Waals surface area contributed by atoms with Gasteiger partial charge in [-0.15, -0.1) is 0 Å². The molecule has 0 unspecified atom stereocenters. The van der Waals surface area contributed by atoms with E-state index in [2.05, 4.69) is 4.98 Å². The highest BCUT2D eigenvalue weighted by atomic mass is 16.5. The Morgan fingerprint density at radius 1 is 1.50 bits per heavy atom. The Balaban J connectivity index is 2.81. The molecule has 0 aliphatic carbocycles. The monoisotopic (exact) mass is 225 g/mol. The third-order valence-electron chi connectivity index (χ3n) is 2.38. The maximum absolute atomic E-state index is 9.03. The van der Waals surface area contributed by atoms with Gasteiger partial charge in [0.1, 0.15) is 0 Å². The summed E-state index contributed by atoms with van der Waals surface area (Å²) in [6, 6.07) is 1.90. The van der Waals surface area contributed by atoms with Gasteiger partial charge >= 0.3 is 0 Å². The van der Waals surface area contributed by atoms with Crippen LogP contribution < -0.4 is 10.6 Å². The van der Waals surface area contributed by atoms with Gasteiger partial charge in [-0.05, 0) is 11.6 Å². The molecule has 0 fully saturated rings. The fourth-order valence-electron chi connectivity index (χ4n) is 1.55. The molecule has 0 aromatic carbocycles. The first kappa shape index (κ1) is 12.9. The second-order valence-electron chi connectivity index (χ2n) is 3.41. The molecule has 0 saturated carbocycles. The number of aliphatic hydroxyl groups is 1. The van der Waals surface area contributed by atoms with Crippen LogP contribution in [0.4, 0.5) is 5.69 Å². The second kappa shape index (κ2) is 7.16. The quantitative estimate of drug-likeness (QED) is 0.682. The van der Waals surface area contributed by atoms with Gasteiger partial charge in [-0.2, -0.15) is 0 Å². The highest BCUT2D eigenvalue weighted by Gasteiger charge is 2.09. The number of ether oxygens (including phenoxy) is 1. The SMILES string of the molecule is COCCN(CCO)c1cnccc1CN. The van der Waals surface area contributed by atoms with Crippen molar-refractivity contribution in [2.45, 2.75) is 6.54 Å². The van der Waals surface area contributed by atoms with Crippen LogP contribution in [0.15, 0.2) is 18.5 Å². The van der Waals surface area contributed by atoms with Crippen molar-refractivity contribution >= 4 is 5.69 Å². The van der Waals surface area contributed by atoms with Gasteiger partial charge in [0.2, 0.25) is 0 Å². The molecule has 0 spiro atoms. The van der Waals surface area contributed by atoms with Crippen LogP contribution in [0.25, 0.3) is 0 Å². The molecule has 0 saturated heterocycles. The Kier molecular flexibility index (Phi) is 5.77. The van der Waals surface area contributed by atoms with Gasteiger partial charge < -0.3 is 20.5 Å². The van der Waals surface area contributed by atoms with Crippen molar-refractivity contribution in [2.24, 2.45) is 5.73 Å². The van der Waals surface area contributed by atoms with Gasteiger partial charge in [0.15, 0.2) is 0 Å². The molecule has 5 nitrogen and oxygen atoms in total. The van der Waals surface area contributed by atoms with E-state index in [1.807, 2.05) is 11.0 Å². The number of anilines is 1. The van der Waals surface area contributed by atoms with Crippen molar-refractivity contribution in [2.75, 3.05) is 38.3 Å². The van der Waals surface area contributed by atoms with Crippen molar-refractivity contribution in [3.63, 3.8) is 0 Å². The number of aromatic nitrogens is 1. The zero-order valence-corrected chi connectivity index (χ0v) is 9.59. The molecule has 1 aromatic heterocycles. The Hall–Kier alpha value is -1.17. The fraction of sp³-hybridized carbons (Fsp3) is 0.545. The highest BCUT2D eigenvalue weighted by molar-refractivity contribution is 5.51. The molecule has 1 aromatic rings. The molecular weight excluding hydrogens is 206 g/mol. The second-order valence-corrected chi connectivity index (χ2v) is 3.41. The zero-order valence-electron chi connectivity index (χ0n) is 9.59. The Labute approximate surface area is 95.8 Å². The minimum atomic E-state index is 0.0998. The zero-order chi connectivity index (χ0) is 11.8. The molecule has 3 N–H and O–H groups in total. The third-order valence-corrected chi connectivity index (χ3v) is 2.38. The summed E-state index contributed by atoms with van der Waals surface area (Å²) in [5.41, 5.74) is 7.66. The van der Waals surface area contributed by atoms with E-state index in [0.29, 0.717) is 19.7 Å². The van der Waals surface area contributed by atoms with Crippen molar-refractivity contribution in [3.8, 4) is 0 Å². The molecule has 0 bridgehead atoms. The van der Waals surface area contributed by atoms with Crippen molar-refractivity contribution < 1.29 is 9.84 Å². The minimum absolute atomic E-state index is 0.0998. The van der Waals surface area contributed by atoms with Gasteiger partial charge in [0.25, 0.3) is 0 Å². The Morgan fingerprint density at radius 2 is 2.31 bits per heavy atom. The molecule has 1 heterocycles. The largest absolute Gasteiger partial charge is 0.395 e. The molecule has 0 atom stereocenters. The topological polar surface area (TPSA) is 71.6 Å². The van der Waals surface area contributed by atoms with Crippen molar-refractivity contribution in [1.82, 2.24) is 4.98 Å². The lowest BCUT2D eigenvalue weighted by molar-refractivity contribution is 0.203. The number of aliphatic hydroxyl groups excluding tert-OH is 1. The molecule has 5 heteroatoms. The van der Waals surface area contributed by atoms with Crippen LogP contribution in [-0.4, -0.2) is 43.5 Å². The van der Waals surface area contributed by atoms with Crippen molar-refractivity contribution in [1.29, 1.82) is 0 Å². The standard InChI is InChI=1S/C11H19N3O2/c1-16-7-5-14(4-6-15)11-9-13-3-2-10(11)8-12/h2-3,9,15H,4-8,12H2,1H3. The number of pyridine rings is 1. The van der Waals surface area contributed by atoms with Gasteiger partial charge in [-0.1, -0.05) is 0 Å². The maximum Gasteiger partial charge on any atom is 0.0637 e. The predicted molar refractivity (Wildman–Crippen MR) is 63.3 cm³/mol. The molecule has 0 radical (unpaired) electrons. The summed E-state index contributed by atoms with van der Waals surface area (Å²) in [6.07, 6.45) is 3.49. The summed E-state index contributed by atoms with van der Waals surface area (Å²) in [7, 11) is 1.66. The highest BCUT2D eigenvalue weighted by Crippen LogP contribution is 2.17. The summed E-state index contributed by atoms with van der Waals surface area (Å²) in [4.78, 5) is 6.11. The maximum atomic E-state index is 9.03. The predicted octanol–water partition coefficient (Wildman–Crippen LogP) is -0.0146. The Morgan fingerprint density at radius 3 is 2.94 bits per heavy atom. The average molecular weight is 225 g/mol. The van der Waals surface area contributed by atoms with Gasteiger partial charge in [-0.25, -0.2) is 0 Å². The summed E-state index contributed by atoms with van der Waals surface area (Å²) in [6.45, 7) is 2.45. The van der Waals surface area contributed by atoms with E-state index in [1.165, 1.54) is 0 Å². The van der Waals surface area contributed by atoms with E-state index in [-0.39, 0.29) is 6.61 Å². The van der Waals surface area contributed by atoms with E-state index in [1.54, 1.807) is 19.5 Å². The van der Waals surface area contributed by atoms with Crippen LogP contribution in [0.1, 0.15) is 5.56 Å². The molecule has 1 rings (SSSR count). The van der Waals surface area contributed by atoms with E-state index in [4.69, 9.17) is 15.6 Å². The van der Waals surface area contributed by atoms with E-state index in [0.717, 1.165) is 17.8 Å². The first-order chi connectivity index (χ1) is 7.83. The summed E-state index contributed by atoms with van der Waals surface area (Å²) < 4.78 is 5.04. The lowest BCUT2D eigenvalue weighted by Crippen LogP contribution is -2.31. The minimum Gasteiger partial charge on any atom is -0.395 e. The van der Waals surface area contributed by atoms with Crippen LogP contribution in [-0.2, 0) is 11.3 Å². The van der Waals surface area contributed by atoms with Gasteiger partial charge in [0.05, 0.1) is 25.1 Å². The molecule has 0 amide bonds. The molecule has 90 valence electrons. The van der Waals surface area contributed by atoms with Crippen LogP contribution >= 0.6 is 0 Å². The van der Waals surface area contributed by atoms with Crippen LogP contribution in [0.3, 0.4) is 0 Å². The molecule has 0 aliphatic rings. The fourth-order valence-corrected chi connectivity index (χ4v) is 1.55. The van der Waals surface area contributed by atoms with E-state index >= 15 is 0 Å². The van der Waals surface area contributed by atoms with E-state index < -0.39 is 0 Å². The number of hydrogen-bond donors (Lipinski definition) is 2. The summed E-state index contributed by atoms with van der Waals surface area (Å²) in [5, 5.41) is 9.03. The first-order valence-electron chi connectivity index (χ1n) is 5.31. The number of methoxy groups -OCH3 is 1. The third kappa shape index (κ3) is 3.44. The van der Waals surface area contributed by atoms with E-state index in [9.17, 15) is 0 Å². The van der Waals surface area contributed by atoms with Gasteiger partial charge in [-0.3, -0.25) is 4.98 Å². The normalized spacial score (nSPS) is 10.4. The smallest absolute Gasteiger partial charge is 0.0637 e. The van der Waals surface area contributed by atoms with Crippen LogP contribution in [0.5, 0.6) is 0 Å². The molecule has 0 aliphatic heterocycles. The number of nitrogens with two attached hydrogens (primary N) is 1. The Bertz CT molecular complexity index is 307. The number of rotatable bonds is 7. The molecular formula is C11H19N3O2.